The van der Waals surface area contributed by atoms with Gasteiger partial charge in [0.05, 0.1) is 16.7 Å². The maximum atomic E-state index is 2.44. The van der Waals surface area contributed by atoms with Gasteiger partial charge in [-0.25, -0.2) is 0 Å². The van der Waals surface area contributed by atoms with Gasteiger partial charge in [-0.2, -0.15) is 0 Å². The maximum absolute atomic E-state index is 2.44. The Bertz CT molecular complexity index is 3530. The van der Waals surface area contributed by atoms with Gasteiger partial charge in [0.1, 0.15) is 0 Å². The minimum absolute atomic E-state index is 0.945. The third-order valence-corrected chi connectivity index (χ3v) is 12.5. The van der Waals surface area contributed by atoms with E-state index in [1.807, 2.05) is 0 Å². The molecular weight excluding hydrogens is 737 g/mol. The van der Waals surface area contributed by atoms with Crippen LogP contribution in [0.25, 0.3) is 94.2 Å². The molecule has 0 atom stereocenters. The van der Waals surface area contributed by atoms with E-state index in [0.717, 1.165) is 40.3 Å². The molecule has 10 aromatic carbocycles. The molecule has 2 heteroatoms. The topological polar surface area (TPSA) is 8.17 Å². The number of fused-ring (bicyclic) bond motifs is 11. The van der Waals surface area contributed by atoms with Gasteiger partial charge < -0.3 is 9.47 Å². The largest absolute Gasteiger partial charge is 0.310 e. The average Bonchev–Trinajstić information content (AvgIpc) is 3.47. The van der Waals surface area contributed by atoms with Crippen molar-refractivity contribution in [2.75, 3.05) is 4.90 Å². The molecule has 0 unspecified atom stereocenters. The highest BCUT2D eigenvalue weighted by Gasteiger charge is 2.21. The van der Waals surface area contributed by atoms with Crippen molar-refractivity contribution < 1.29 is 0 Å². The average molecular weight is 777 g/mol. The zero-order valence-electron chi connectivity index (χ0n) is 33.5. The molecule has 0 saturated carbocycles. The van der Waals surface area contributed by atoms with Crippen LogP contribution in [0.4, 0.5) is 17.1 Å². The van der Waals surface area contributed by atoms with Gasteiger partial charge in [0.2, 0.25) is 0 Å². The molecule has 1 aliphatic rings. The number of hydrogen-bond donors (Lipinski definition) is 0. The second-order valence-electron chi connectivity index (χ2n) is 16.0. The van der Waals surface area contributed by atoms with E-state index in [1.54, 1.807) is 0 Å². The molecule has 286 valence electrons. The van der Waals surface area contributed by atoms with Crippen LogP contribution >= 0.6 is 0 Å². The summed E-state index contributed by atoms with van der Waals surface area (Å²) in [6.07, 6.45) is 10.0. The van der Waals surface area contributed by atoms with Crippen molar-refractivity contribution in [3.63, 3.8) is 0 Å². The highest BCUT2D eigenvalue weighted by Crippen LogP contribution is 2.45. The normalized spacial score (nSPS) is 12.4. The third-order valence-electron chi connectivity index (χ3n) is 12.5. The van der Waals surface area contributed by atoms with Crippen LogP contribution in [-0.2, 0) is 0 Å². The van der Waals surface area contributed by atoms with Crippen LogP contribution < -0.4 is 4.90 Å². The molecule has 1 aliphatic carbocycles. The number of para-hydroxylation sites is 2. The summed E-state index contributed by atoms with van der Waals surface area (Å²) in [6, 6.07) is 75.7. The van der Waals surface area contributed by atoms with E-state index in [4.69, 9.17) is 0 Å². The van der Waals surface area contributed by atoms with Crippen molar-refractivity contribution in [3.8, 4) is 27.9 Å². The van der Waals surface area contributed by atoms with E-state index in [-0.39, 0.29) is 0 Å². The predicted molar refractivity (Wildman–Crippen MR) is 262 cm³/mol. The molecule has 12 rings (SSSR count). The summed E-state index contributed by atoms with van der Waals surface area (Å²) in [4.78, 5) is 2.44. The van der Waals surface area contributed by atoms with Crippen LogP contribution in [-0.4, -0.2) is 4.57 Å². The van der Waals surface area contributed by atoms with Crippen molar-refractivity contribution in [1.82, 2.24) is 4.57 Å². The highest BCUT2D eigenvalue weighted by atomic mass is 15.1. The quantitative estimate of drug-likeness (QED) is 0.153. The first-order chi connectivity index (χ1) is 30.3. The molecule has 61 heavy (non-hydrogen) atoms. The minimum Gasteiger partial charge on any atom is -0.310 e. The van der Waals surface area contributed by atoms with Crippen LogP contribution in [0.5, 0.6) is 0 Å². The second kappa shape index (κ2) is 14.4. The molecule has 0 fully saturated rings. The lowest BCUT2D eigenvalue weighted by molar-refractivity contribution is 1.18. The van der Waals surface area contributed by atoms with Crippen LogP contribution in [0.2, 0.25) is 0 Å². The smallest absolute Gasteiger partial charge is 0.0547 e. The van der Waals surface area contributed by atoms with Crippen LogP contribution in [0.3, 0.4) is 0 Å². The Labute approximate surface area is 355 Å². The number of allylic oxidation sites excluding steroid dienone is 2. The molecule has 0 N–H and O–H groups in total. The number of aromatic nitrogens is 1. The zero-order chi connectivity index (χ0) is 40.3. The summed E-state index contributed by atoms with van der Waals surface area (Å²) >= 11 is 0. The molecule has 0 amide bonds. The first kappa shape index (κ1) is 35.0. The molecule has 1 aromatic heterocycles. The van der Waals surface area contributed by atoms with Gasteiger partial charge in [-0.15, -0.1) is 0 Å². The number of nitrogens with zero attached hydrogens (tertiary/aromatic N) is 2. The van der Waals surface area contributed by atoms with Gasteiger partial charge in [-0.1, -0.05) is 176 Å². The molecule has 1 heterocycles. The summed E-state index contributed by atoms with van der Waals surface area (Å²) in [6.45, 7) is 0. The molecule has 0 spiro atoms. The Balaban J connectivity index is 1.05. The van der Waals surface area contributed by atoms with Crippen molar-refractivity contribution in [2.24, 2.45) is 0 Å². The Kier molecular flexibility index (Phi) is 8.28. The van der Waals surface area contributed by atoms with E-state index in [1.165, 1.54) is 76.4 Å². The molecule has 0 saturated heterocycles. The summed E-state index contributed by atoms with van der Waals surface area (Å²) in [7, 11) is 0. The number of hydrogen-bond acceptors (Lipinski definition) is 1. The van der Waals surface area contributed by atoms with Gasteiger partial charge in [-0.05, 0) is 121 Å². The number of rotatable bonds is 6. The minimum atomic E-state index is 0.945. The van der Waals surface area contributed by atoms with E-state index < -0.39 is 0 Å². The van der Waals surface area contributed by atoms with Crippen molar-refractivity contribution in [2.45, 2.75) is 6.42 Å². The monoisotopic (exact) mass is 776 g/mol. The summed E-state index contributed by atoms with van der Waals surface area (Å²) < 4.78 is 2.44. The first-order valence-electron chi connectivity index (χ1n) is 21.2. The van der Waals surface area contributed by atoms with Crippen molar-refractivity contribution in [3.05, 3.63) is 230 Å². The summed E-state index contributed by atoms with van der Waals surface area (Å²) in [5.41, 5.74) is 14.1. The lowest BCUT2D eigenvalue weighted by atomic mass is 9.93. The maximum Gasteiger partial charge on any atom is 0.0547 e. The van der Waals surface area contributed by atoms with Gasteiger partial charge in [0.25, 0.3) is 0 Å². The van der Waals surface area contributed by atoms with Crippen LogP contribution in [0.1, 0.15) is 17.5 Å². The Hall–Kier alpha value is -7.94. The van der Waals surface area contributed by atoms with Gasteiger partial charge in [0, 0.05) is 33.4 Å². The van der Waals surface area contributed by atoms with Gasteiger partial charge in [-0.3, -0.25) is 0 Å². The second-order valence-corrected chi connectivity index (χ2v) is 16.0. The Morgan fingerprint density at radius 2 is 0.984 bits per heavy atom. The fraction of sp³-hybridized carbons (Fsp3) is 0.0169. The zero-order valence-corrected chi connectivity index (χ0v) is 33.5. The number of benzene rings is 10. The standard InChI is InChI=1S/C59H40N2/c1-3-17-40(18-4-1)47-24-11-13-31-56(47)60(46-34-35-53-51-28-8-7-26-49(51)50-27-9-10-29-52(50)55(53)39-46)44-22-15-20-42(37-44)43-21-16-23-45(38-43)61-57-32-14-12-30-54(57)59-48-25-6-2-5-19-41(48)33-36-58(59)61/h1,3-39H,2H2. The molecule has 11 aromatic rings. The molecular formula is C59H40N2. The highest BCUT2D eigenvalue weighted by molar-refractivity contribution is 6.26. The van der Waals surface area contributed by atoms with Crippen molar-refractivity contribution in [1.29, 1.82) is 0 Å². The molecule has 0 aliphatic heterocycles. The van der Waals surface area contributed by atoms with E-state index in [0.29, 0.717) is 0 Å². The number of anilines is 3. The fourth-order valence-electron chi connectivity index (χ4n) is 9.81. The summed E-state index contributed by atoms with van der Waals surface area (Å²) in [5, 5.41) is 10.2. The van der Waals surface area contributed by atoms with E-state index in [2.05, 4.69) is 240 Å². The molecule has 2 nitrogen and oxygen atoms in total. The van der Waals surface area contributed by atoms with Gasteiger partial charge >= 0.3 is 0 Å². The summed E-state index contributed by atoms with van der Waals surface area (Å²) in [5.74, 6) is 0. The van der Waals surface area contributed by atoms with Crippen LogP contribution in [0, 0.1) is 0 Å². The van der Waals surface area contributed by atoms with Gasteiger partial charge in [0.15, 0.2) is 0 Å². The fourth-order valence-corrected chi connectivity index (χ4v) is 9.81. The lowest BCUT2D eigenvalue weighted by Gasteiger charge is -2.29. The Morgan fingerprint density at radius 1 is 0.377 bits per heavy atom. The molecule has 0 bridgehead atoms. The first-order valence-corrected chi connectivity index (χ1v) is 21.2. The molecule has 0 radical (unpaired) electrons. The SMILES string of the molecule is C1=Cc2ccc3c(c2C=CC1)c1ccccc1n3-c1cccc(-c2cccc(N(c3ccc4c5ccccc5c5ccccc5c4c3)c3ccccc3-c3ccccc3)c2)c1. The van der Waals surface area contributed by atoms with E-state index in [9.17, 15) is 0 Å². The third kappa shape index (κ3) is 5.79. The van der Waals surface area contributed by atoms with Crippen LogP contribution in [0.15, 0.2) is 218 Å². The lowest BCUT2D eigenvalue weighted by Crippen LogP contribution is -2.11. The van der Waals surface area contributed by atoms with Crippen molar-refractivity contribution >= 4 is 83.3 Å². The Morgan fingerprint density at radius 3 is 1.79 bits per heavy atom. The van der Waals surface area contributed by atoms with E-state index >= 15 is 0 Å². The predicted octanol–water partition coefficient (Wildman–Crippen LogP) is 16.5.